The summed E-state index contributed by atoms with van der Waals surface area (Å²) < 4.78 is 24.8. The molecule has 0 aliphatic rings. The minimum atomic E-state index is -0.667. The van der Waals surface area contributed by atoms with Gasteiger partial charge in [0.25, 0.3) is 5.89 Å². The van der Waals surface area contributed by atoms with Crippen molar-refractivity contribution in [1.29, 1.82) is 5.26 Å². The van der Waals surface area contributed by atoms with Gasteiger partial charge in [0.2, 0.25) is 0 Å². The summed E-state index contributed by atoms with van der Waals surface area (Å²) in [4.78, 5) is 24.3. The van der Waals surface area contributed by atoms with Crippen LogP contribution in [0.1, 0.15) is 17.5 Å². The molecule has 0 atom stereocenters. The van der Waals surface area contributed by atoms with Gasteiger partial charge in [-0.3, -0.25) is 4.79 Å². The van der Waals surface area contributed by atoms with Crippen molar-refractivity contribution >= 4 is 17.3 Å². The number of esters is 1. The summed E-state index contributed by atoms with van der Waals surface area (Å²) >= 11 is 1.38. The van der Waals surface area contributed by atoms with E-state index in [-0.39, 0.29) is 36.6 Å². The van der Waals surface area contributed by atoms with Crippen molar-refractivity contribution in [2.24, 2.45) is 0 Å². The first-order chi connectivity index (χ1) is 12.6. The third kappa shape index (κ3) is 4.04. The van der Waals surface area contributed by atoms with Gasteiger partial charge in [-0.2, -0.15) is 9.94 Å². The minimum absolute atomic E-state index is 0.0115. The Labute approximate surface area is 150 Å². The zero-order valence-corrected chi connectivity index (χ0v) is 14.2. The van der Waals surface area contributed by atoms with Crippen molar-refractivity contribution < 1.29 is 18.3 Å². The molecule has 3 rings (SSSR count). The summed E-state index contributed by atoms with van der Waals surface area (Å²) in [6.45, 7) is -0.271. The third-order valence-corrected chi connectivity index (χ3v) is 4.29. The van der Waals surface area contributed by atoms with E-state index in [1.54, 1.807) is 12.1 Å². The van der Waals surface area contributed by atoms with Crippen molar-refractivity contribution in [3.8, 4) is 16.8 Å². The number of hydrogen-bond donors (Lipinski definition) is 0. The van der Waals surface area contributed by atoms with E-state index in [0.717, 1.165) is 10.7 Å². The number of carbonyl (C=O) groups excluding carboxylic acids is 1. The number of benzene rings is 1. The first-order valence-electron chi connectivity index (χ1n) is 7.53. The molecule has 0 spiro atoms. The highest BCUT2D eigenvalue weighted by Gasteiger charge is 2.13. The molecule has 0 saturated carbocycles. The van der Waals surface area contributed by atoms with Crippen molar-refractivity contribution in [2.45, 2.75) is 19.6 Å². The van der Waals surface area contributed by atoms with E-state index in [1.165, 1.54) is 23.5 Å². The molecule has 0 radical (unpaired) electrons. The molecule has 7 nitrogen and oxygen atoms in total. The van der Waals surface area contributed by atoms with Crippen molar-refractivity contribution in [3.63, 3.8) is 0 Å². The fourth-order valence-electron chi connectivity index (χ4n) is 2.11. The summed E-state index contributed by atoms with van der Waals surface area (Å²) in [6, 6.07) is 9.29. The van der Waals surface area contributed by atoms with Crippen LogP contribution in [0.4, 0.5) is 4.39 Å². The molecule has 0 fully saturated rings. The molecule has 0 unspecified atom stereocenters. The van der Waals surface area contributed by atoms with Gasteiger partial charge in [0.1, 0.15) is 12.4 Å². The average Bonchev–Trinajstić information content (AvgIpc) is 3.28. The van der Waals surface area contributed by atoms with Gasteiger partial charge in [-0.05, 0) is 23.6 Å². The van der Waals surface area contributed by atoms with Crippen molar-refractivity contribution in [1.82, 2.24) is 9.78 Å². The number of ether oxygens (including phenoxy) is 1. The number of hydrogen-bond acceptors (Lipinski definition) is 7. The number of halogens is 1. The quantitative estimate of drug-likeness (QED) is 0.616. The van der Waals surface area contributed by atoms with Crippen molar-refractivity contribution in [2.75, 3.05) is 0 Å². The number of carbonyl (C=O) groups is 1. The normalized spacial score (nSPS) is 10.5. The topological polar surface area (TPSA) is 98.1 Å². The fraction of sp³-hybridized carbons (Fsp3) is 0.176. The van der Waals surface area contributed by atoms with Crippen LogP contribution in [-0.2, 0) is 22.7 Å². The van der Waals surface area contributed by atoms with Gasteiger partial charge < -0.3 is 9.15 Å². The molecule has 26 heavy (non-hydrogen) atoms. The van der Waals surface area contributed by atoms with E-state index < -0.39 is 17.5 Å². The zero-order valence-electron chi connectivity index (χ0n) is 13.3. The number of thiophene rings is 1. The van der Waals surface area contributed by atoms with Gasteiger partial charge in [0.05, 0.1) is 29.5 Å². The zero-order chi connectivity index (χ0) is 18.5. The van der Waals surface area contributed by atoms with E-state index in [9.17, 15) is 14.0 Å². The highest BCUT2D eigenvalue weighted by atomic mass is 32.1. The lowest BCUT2D eigenvalue weighted by molar-refractivity contribution is -0.145. The van der Waals surface area contributed by atoms with Crippen LogP contribution in [0.25, 0.3) is 10.8 Å². The van der Waals surface area contributed by atoms with Crippen LogP contribution in [0.2, 0.25) is 0 Å². The molecule has 9 heteroatoms. The fourth-order valence-corrected chi connectivity index (χ4v) is 2.75. The van der Waals surface area contributed by atoms with Gasteiger partial charge in [-0.25, -0.2) is 9.18 Å². The highest BCUT2D eigenvalue weighted by Crippen LogP contribution is 2.21. The van der Waals surface area contributed by atoms with E-state index in [1.807, 2.05) is 11.4 Å². The molecular formula is C17H12FN3O4S. The van der Waals surface area contributed by atoms with Gasteiger partial charge >= 0.3 is 11.7 Å². The third-order valence-electron chi connectivity index (χ3n) is 3.44. The van der Waals surface area contributed by atoms with E-state index >= 15 is 0 Å². The first kappa shape index (κ1) is 17.6. The SMILES string of the molecule is N#Cc1ccc(COC(=O)CCn2nc(-c3cccs3)oc2=O)c(F)c1. The summed E-state index contributed by atoms with van der Waals surface area (Å²) in [7, 11) is 0. The molecule has 0 N–H and O–H groups in total. The molecule has 0 saturated heterocycles. The van der Waals surface area contributed by atoms with Gasteiger partial charge in [-0.15, -0.1) is 16.4 Å². The Kier molecular flexibility index (Phi) is 5.24. The minimum Gasteiger partial charge on any atom is -0.461 e. The Morgan fingerprint density at radius 2 is 2.27 bits per heavy atom. The highest BCUT2D eigenvalue weighted by molar-refractivity contribution is 7.13. The Morgan fingerprint density at radius 1 is 1.42 bits per heavy atom. The lowest BCUT2D eigenvalue weighted by Gasteiger charge is -2.06. The Morgan fingerprint density at radius 3 is 2.96 bits per heavy atom. The number of aromatic nitrogens is 2. The van der Waals surface area contributed by atoms with Crippen LogP contribution in [0.3, 0.4) is 0 Å². The molecule has 132 valence electrons. The molecule has 3 aromatic rings. The lowest BCUT2D eigenvalue weighted by atomic mass is 10.1. The largest absolute Gasteiger partial charge is 0.461 e. The standard InChI is InChI=1S/C17H12FN3O4S/c18-13-8-11(9-19)3-4-12(13)10-24-15(22)5-6-21-17(23)25-16(20-21)14-2-1-7-26-14/h1-4,7-8H,5-6,10H2. The predicted molar refractivity (Wildman–Crippen MR) is 89.6 cm³/mol. The molecule has 2 heterocycles. The van der Waals surface area contributed by atoms with Crippen molar-refractivity contribution in [3.05, 3.63) is 63.2 Å². The first-order valence-corrected chi connectivity index (χ1v) is 8.41. The van der Waals surface area contributed by atoms with Crippen LogP contribution in [0, 0.1) is 17.1 Å². The summed E-state index contributed by atoms with van der Waals surface area (Å²) in [5, 5.41) is 14.5. The van der Waals surface area contributed by atoms with Crippen LogP contribution in [-0.4, -0.2) is 15.7 Å². The molecule has 0 aliphatic carbocycles. The van der Waals surface area contributed by atoms with E-state index in [2.05, 4.69) is 5.10 Å². The Balaban J connectivity index is 1.55. The lowest BCUT2D eigenvalue weighted by Crippen LogP contribution is -2.19. The number of rotatable bonds is 6. The van der Waals surface area contributed by atoms with Crippen LogP contribution >= 0.6 is 11.3 Å². The summed E-state index contributed by atoms with van der Waals surface area (Å²) in [6.07, 6.45) is -0.117. The maximum atomic E-state index is 13.7. The molecule has 0 aliphatic heterocycles. The smallest absolute Gasteiger partial charge is 0.437 e. The molecule has 0 amide bonds. The number of nitriles is 1. The second-order valence-electron chi connectivity index (χ2n) is 5.20. The molecular weight excluding hydrogens is 361 g/mol. The Hall–Kier alpha value is -3.25. The van der Waals surface area contributed by atoms with Crippen LogP contribution in [0.15, 0.2) is 44.9 Å². The van der Waals surface area contributed by atoms with Crippen LogP contribution in [0.5, 0.6) is 0 Å². The Bertz CT molecular complexity index is 1020. The molecule has 2 aromatic heterocycles. The molecule has 1 aromatic carbocycles. The number of aryl methyl sites for hydroxylation is 1. The van der Waals surface area contributed by atoms with Gasteiger partial charge in [0, 0.05) is 5.56 Å². The maximum absolute atomic E-state index is 13.7. The summed E-state index contributed by atoms with van der Waals surface area (Å²) in [5.74, 6) is -1.70. The van der Waals surface area contributed by atoms with E-state index in [4.69, 9.17) is 14.4 Å². The second-order valence-corrected chi connectivity index (χ2v) is 6.15. The van der Waals surface area contributed by atoms with Gasteiger partial charge in [-0.1, -0.05) is 12.1 Å². The maximum Gasteiger partial charge on any atom is 0.437 e. The monoisotopic (exact) mass is 373 g/mol. The van der Waals surface area contributed by atoms with Gasteiger partial charge in [0.15, 0.2) is 0 Å². The summed E-state index contributed by atoms with van der Waals surface area (Å²) in [5.41, 5.74) is 0.348. The van der Waals surface area contributed by atoms with E-state index in [0.29, 0.717) is 4.88 Å². The average molecular weight is 373 g/mol. The second kappa shape index (κ2) is 7.76. The molecule has 0 bridgehead atoms. The predicted octanol–water partition coefficient (Wildman–Crippen LogP) is 2.71. The number of nitrogens with zero attached hydrogens (tertiary/aromatic N) is 3. The van der Waals surface area contributed by atoms with Crippen LogP contribution < -0.4 is 5.76 Å².